The van der Waals surface area contributed by atoms with E-state index < -0.39 is 23.6 Å². The maximum atomic E-state index is 12.6. The number of nitrogens with one attached hydrogen (secondary N) is 1. The van der Waals surface area contributed by atoms with Crippen LogP contribution in [0.15, 0.2) is 30.4 Å². The Morgan fingerprint density at radius 3 is 2.38 bits per heavy atom. The van der Waals surface area contributed by atoms with Crippen LogP contribution < -0.4 is 5.32 Å². The zero-order valence-electron chi connectivity index (χ0n) is 18.3. The fraction of sp³-hybridized carbons (Fsp3) is 0.391. The molecule has 1 aromatic carbocycles. The van der Waals surface area contributed by atoms with E-state index in [-0.39, 0.29) is 41.9 Å². The molecule has 1 amide bonds. The second-order valence-corrected chi connectivity index (χ2v) is 7.00. The van der Waals surface area contributed by atoms with E-state index in [0.29, 0.717) is 19.3 Å². The topological polar surface area (TPSA) is 128 Å². The molecule has 2 unspecified atom stereocenters. The molecule has 9 nitrogen and oxygen atoms in total. The number of hydrogen-bond donors (Lipinski definition) is 2. The first kappa shape index (κ1) is 26.6. The van der Waals surface area contributed by atoms with Gasteiger partial charge in [-0.3, -0.25) is 9.59 Å². The van der Waals surface area contributed by atoms with Gasteiger partial charge in [0.05, 0.1) is 32.0 Å². The van der Waals surface area contributed by atoms with Crippen LogP contribution in [0.25, 0.3) is 0 Å². The lowest BCUT2D eigenvalue weighted by Crippen LogP contribution is -2.33. The molecule has 2 atom stereocenters. The Balaban J connectivity index is 2.81. The van der Waals surface area contributed by atoms with Crippen LogP contribution in [0.1, 0.15) is 44.9 Å². The van der Waals surface area contributed by atoms with Gasteiger partial charge in [-0.1, -0.05) is 12.8 Å². The highest BCUT2D eigenvalue weighted by molar-refractivity contribution is 6.09. The Labute approximate surface area is 186 Å². The van der Waals surface area contributed by atoms with Gasteiger partial charge in [-0.2, -0.15) is 0 Å². The number of terminal acetylenes is 1. The third kappa shape index (κ3) is 9.55. The maximum Gasteiger partial charge on any atom is 0.337 e. The molecular formula is C23H27NO8. The summed E-state index contributed by atoms with van der Waals surface area (Å²) in [5.74, 6) is -0.752. The van der Waals surface area contributed by atoms with Gasteiger partial charge >= 0.3 is 11.9 Å². The van der Waals surface area contributed by atoms with Crippen molar-refractivity contribution in [3.05, 3.63) is 47.0 Å². The van der Waals surface area contributed by atoms with E-state index in [9.17, 15) is 19.2 Å². The number of carbonyl (C=O) groups excluding carboxylic acids is 3. The normalized spacial score (nSPS) is 12.6. The number of hydrogen-bond acceptors (Lipinski definition) is 7. The minimum Gasteiger partial charge on any atom is -0.478 e. The number of carbonyl (C=O) groups is 4. The summed E-state index contributed by atoms with van der Waals surface area (Å²) in [5, 5.41) is 11.4. The van der Waals surface area contributed by atoms with Gasteiger partial charge in [0.15, 0.2) is 5.78 Å². The zero-order chi connectivity index (χ0) is 24.1. The van der Waals surface area contributed by atoms with E-state index in [4.69, 9.17) is 21.0 Å². The Morgan fingerprint density at radius 2 is 1.75 bits per heavy atom. The molecule has 0 aliphatic carbocycles. The highest BCUT2D eigenvalue weighted by Gasteiger charge is 2.17. The van der Waals surface area contributed by atoms with Crippen molar-refractivity contribution in [1.82, 2.24) is 5.32 Å². The number of amides is 1. The summed E-state index contributed by atoms with van der Waals surface area (Å²) in [6, 6.07) is 3.79. The number of aliphatic carboxylic acids is 1. The van der Waals surface area contributed by atoms with Crippen LogP contribution in [0.3, 0.4) is 0 Å². The minimum atomic E-state index is -1.30. The smallest absolute Gasteiger partial charge is 0.337 e. The molecule has 0 saturated heterocycles. The van der Waals surface area contributed by atoms with Gasteiger partial charge in [0.25, 0.3) is 5.91 Å². The number of ether oxygens (including phenoxy) is 3. The van der Waals surface area contributed by atoms with E-state index in [1.54, 1.807) is 6.92 Å². The molecule has 0 heterocycles. The van der Waals surface area contributed by atoms with Crippen LogP contribution in [0.2, 0.25) is 0 Å². The lowest BCUT2D eigenvalue weighted by molar-refractivity contribution is -0.131. The second kappa shape index (κ2) is 13.7. The van der Waals surface area contributed by atoms with Gasteiger partial charge in [0.1, 0.15) is 6.61 Å². The van der Waals surface area contributed by atoms with Crippen LogP contribution in [-0.2, 0) is 19.0 Å². The molecule has 1 rings (SSSR count). The summed E-state index contributed by atoms with van der Waals surface area (Å²) in [4.78, 5) is 47.4. The molecule has 0 spiro atoms. The van der Waals surface area contributed by atoms with Crippen LogP contribution >= 0.6 is 0 Å². The number of esters is 1. The molecule has 0 fully saturated rings. The summed E-state index contributed by atoms with van der Waals surface area (Å²) < 4.78 is 15.6. The number of carboxylic acid groups (broad SMARTS) is 1. The lowest BCUT2D eigenvalue weighted by atomic mass is 10.0. The molecule has 0 aromatic heterocycles. The van der Waals surface area contributed by atoms with Crippen LogP contribution in [0.5, 0.6) is 0 Å². The monoisotopic (exact) mass is 445 g/mol. The number of ketones is 1. The molecule has 0 aliphatic heterocycles. The highest BCUT2D eigenvalue weighted by Crippen LogP contribution is 2.13. The van der Waals surface area contributed by atoms with Crippen LogP contribution in [0.4, 0.5) is 0 Å². The fourth-order valence-electron chi connectivity index (χ4n) is 2.47. The molecule has 0 bridgehead atoms. The Hall–Kier alpha value is -3.48. The zero-order valence-corrected chi connectivity index (χ0v) is 18.3. The lowest BCUT2D eigenvalue weighted by Gasteiger charge is -2.17. The SMILES string of the molecule is C#CCOCC(C)COC(C)CNC(=O)c1cc(C(=O)/C=C/C(=O)O)cc(C(=O)OC)c1. The van der Waals surface area contributed by atoms with E-state index in [0.717, 1.165) is 6.08 Å². The average molecular weight is 445 g/mol. The summed E-state index contributed by atoms with van der Waals surface area (Å²) in [7, 11) is 1.17. The quantitative estimate of drug-likeness (QED) is 0.154. The molecular weight excluding hydrogens is 418 g/mol. The van der Waals surface area contributed by atoms with Crippen molar-refractivity contribution in [1.29, 1.82) is 0 Å². The van der Waals surface area contributed by atoms with Crippen molar-refractivity contribution in [2.75, 3.05) is 33.5 Å². The van der Waals surface area contributed by atoms with E-state index in [2.05, 4.69) is 16.0 Å². The standard InChI is InChI=1S/C23H27NO8/c1-5-8-31-13-15(2)14-32-16(3)12-24-22(28)18-9-17(20(25)6-7-21(26)27)10-19(11-18)23(29)30-4/h1,6-7,9-11,15-16H,8,12-14H2,2-4H3,(H,24,28)(H,26,27)/b7-6+. The molecule has 1 aromatic rings. The molecule has 0 radical (unpaired) electrons. The summed E-state index contributed by atoms with van der Waals surface area (Å²) >= 11 is 0. The van der Waals surface area contributed by atoms with Gasteiger partial charge in [0.2, 0.25) is 0 Å². The molecule has 32 heavy (non-hydrogen) atoms. The average Bonchev–Trinajstić information content (AvgIpc) is 2.78. The van der Waals surface area contributed by atoms with E-state index in [1.165, 1.54) is 25.3 Å². The summed E-state index contributed by atoms with van der Waals surface area (Å²) in [6.07, 6.45) is 6.32. The second-order valence-electron chi connectivity index (χ2n) is 7.00. The summed E-state index contributed by atoms with van der Waals surface area (Å²) in [6.45, 7) is 5.01. The largest absolute Gasteiger partial charge is 0.478 e. The van der Waals surface area contributed by atoms with Gasteiger partial charge in [0, 0.05) is 29.7 Å². The fourth-order valence-corrected chi connectivity index (χ4v) is 2.47. The third-order valence-corrected chi connectivity index (χ3v) is 4.08. The van der Waals surface area contributed by atoms with E-state index >= 15 is 0 Å². The van der Waals surface area contributed by atoms with Crippen LogP contribution in [-0.4, -0.2) is 68.3 Å². The number of rotatable bonds is 13. The third-order valence-electron chi connectivity index (χ3n) is 4.08. The van der Waals surface area contributed by atoms with Crippen molar-refractivity contribution in [3.8, 4) is 12.3 Å². The van der Waals surface area contributed by atoms with Crippen molar-refractivity contribution >= 4 is 23.6 Å². The van der Waals surface area contributed by atoms with Crippen molar-refractivity contribution in [3.63, 3.8) is 0 Å². The Morgan fingerprint density at radius 1 is 1.09 bits per heavy atom. The van der Waals surface area contributed by atoms with Crippen LogP contribution in [0, 0.1) is 18.3 Å². The van der Waals surface area contributed by atoms with Crippen molar-refractivity contribution in [2.24, 2.45) is 5.92 Å². The first-order valence-electron chi connectivity index (χ1n) is 9.77. The van der Waals surface area contributed by atoms with Gasteiger partial charge < -0.3 is 24.6 Å². The number of methoxy groups -OCH3 is 1. The first-order valence-corrected chi connectivity index (χ1v) is 9.77. The predicted molar refractivity (Wildman–Crippen MR) is 115 cm³/mol. The Bertz CT molecular complexity index is 900. The number of benzene rings is 1. The van der Waals surface area contributed by atoms with Gasteiger partial charge in [-0.05, 0) is 31.2 Å². The molecule has 172 valence electrons. The van der Waals surface area contributed by atoms with Crippen molar-refractivity contribution < 1.29 is 38.5 Å². The highest BCUT2D eigenvalue weighted by atomic mass is 16.5. The summed E-state index contributed by atoms with van der Waals surface area (Å²) in [5.41, 5.74) is 0.00110. The van der Waals surface area contributed by atoms with Crippen molar-refractivity contribution in [2.45, 2.75) is 20.0 Å². The molecule has 9 heteroatoms. The maximum absolute atomic E-state index is 12.6. The molecule has 0 aliphatic rings. The Kier molecular flexibility index (Phi) is 11.4. The molecule has 0 saturated carbocycles. The van der Waals surface area contributed by atoms with Gasteiger partial charge in [-0.15, -0.1) is 6.42 Å². The number of carboxylic acids is 1. The first-order chi connectivity index (χ1) is 15.2. The predicted octanol–water partition coefficient (Wildman–Crippen LogP) is 1.72. The van der Waals surface area contributed by atoms with Gasteiger partial charge in [-0.25, -0.2) is 9.59 Å². The number of allylic oxidation sites excluding steroid dienone is 1. The minimum absolute atomic E-state index is 0.0164. The van der Waals surface area contributed by atoms with E-state index in [1.807, 2.05) is 6.92 Å². The molecule has 2 N–H and O–H groups in total.